The minimum Gasteiger partial charge on any atom is -0.462 e. The van der Waals surface area contributed by atoms with Crippen molar-refractivity contribution in [2.75, 3.05) is 37.6 Å². The minimum atomic E-state index is -0.110. The molecule has 1 aromatic heterocycles. The van der Waals surface area contributed by atoms with Gasteiger partial charge in [-0.2, -0.15) is 5.26 Å². The van der Waals surface area contributed by atoms with Crippen molar-refractivity contribution >= 4 is 11.8 Å². The summed E-state index contributed by atoms with van der Waals surface area (Å²) in [7, 11) is 0. The number of anilines is 1. The lowest BCUT2D eigenvalue weighted by atomic mass is 9.67. The normalized spacial score (nSPS) is 25.5. The Balaban J connectivity index is 1.24. The summed E-state index contributed by atoms with van der Waals surface area (Å²) in [6.45, 7) is 4.76. The van der Waals surface area contributed by atoms with E-state index in [1.165, 1.54) is 6.42 Å². The molecule has 6 heteroatoms. The first kappa shape index (κ1) is 16.3. The van der Waals surface area contributed by atoms with E-state index in [1.54, 1.807) is 12.3 Å². The molecule has 3 heterocycles. The van der Waals surface area contributed by atoms with E-state index < -0.39 is 0 Å². The lowest BCUT2D eigenvalue weighted by Crippen LogP contribution is -2.47. The molecule has 6 nitrogen and oxygen atoms in total. The summed E-state index contributed by atoms with van der Waals surface area (Å²) in [5.74, 6) is 0.937. The number of hydrogen-bond donors (Lipinski definition) is 0. The standard InChI is InChI=1S/C19H24N4O2/c20-14-15-2-6-21-17(12-15)23-10-8-22(9-11-23)7-3-16-13-19(4-1-5-19)18(24)25-16/h2,6,12,16H,1,3-5,7-11,13H2/t16-/m1/s1. The molecule has 2 saturated heterocycles. The average Bonchev–Trinajstić information content (AvgIpc) is 2.97. The van der Waals surface area contributed by atoms with E-state index in [-0.39, 0.29) is 17.5 Å². The van der Waals surface area contributed by atoms with Crippen LogP contribution in [0.1, 0.15) is 37.7 Å². The van der Waals surface area contributed by atoms with Gasteiger partial charge in [-0.3, -0.25) is 9.69 Å². The lowest BCUT2D eigenvalue weighted by molar-refractivity contribution is -0.152. The zero-order chi connectivity index (χ0) is 17.3. The lowest BCUT2D eigenvalue weighted by Gasteiger charge is -2.36. The van der Waals surface area contributed by atoms with Gasteiger partial charge in [0, 0.05) is 45.3 Å². The summed E-state index contributed by atoms with van der Waals surface area (Å²) in [5, 5.41) is 9.01. The van der Waals surface area contributed by atoms with Gasteiger partial charge in [0.1, 0.15) is 11.9 Å². The number of cyclic esters (lactones) is 1. The fourth-order valence-corrected chi connectivity index (χ4v) is 4.20. The molecule has 0 unspecified atom stereocenters. The molecule has 0 radical (unpaired) electrons. The highest BCUT2D eigenvalue weighted by Gasteiger charge is 2.52. The van der Waals surface area contributed by atoms with Crippen molar-refractivity contribution in [3.63, 3.8) is 0 Å². The molecule has 3 aliphatic rings. The third-order valence-electron chi connectivity index (χ3n) is 5.97. The Hall–Kier alpha value is -2.13. The minimum absolute atomic E-state index is 0.0528. The smallest absolute Gasteiger partial charge is 0.312 e. The van der Waals surface area contributed by atoms with Crippen LogP contribution in [-0.2, 0) is 9.53 Å². The number of piperazine rings is 1. The fourth-order valence-electron chi connectivity index (χ4n) is 4.20. The van der Waals surface area contributed by atoms with Crippen LogP contribution in [0.2, 0.25) is 0 Å². The molecule has 2 aliphatic heterocycles. The molecular formula is C19H24N4O2. The van der Waals surface area contributed by atoms with E-state index >= 15 is 0 Å². The summed E-state index contributed by atoms with van der Waals surface area (Å²) >= 11 is 0. The van der Waals surface area contributed by atoms with Gasteiger partial charge in [-0.05, 0) is 31.4 Å². The highest BCUT2D eigenvalue weighted by molar-refractivity contribution is 5.80. The Morgan fingerprint density at radius 2 is 2.12 bits per heavy atom. The van der Waals surface area contributed by atoms with Crippen molar-refractivity contribution in [3.8, 4) is 6.07 Å². The maximum Gasteiger partial charge on any atom is 0.312 e. The van der Waals surface area contributed by atoms with Crippen molar-refractivity contribution in [1.29, 1.82) is 5.26 Å². The second-order valence-electron chi connectivity index (χ2n) is 7.50. The zero-order valence-electron chi connectivity index (χ0n) is 14.5. The van der Waals surface area contributed by atoms with Crippen LogP contribution >= 0.6 is 0 Å². The van der Waals surface area contributed by atoms with Crippen LogP contribution in [-0.4, -0.2) is 54.7 Å². The molecule has 132 valence electrons. The third kappa shape index (κ3) is 3.21. The maximum atomic E-state index is 12.0. The van der Waals surface area contributed by atoms with Gasteiger partial charge in [0.2, 0.25) is 0 Å². The van der Waals surface area contributed by atoms with Crippen molar-refractivity contribution in [1.82, 2.24) is 9.88 Å². The van der Waals surface area contributed by atoms with Crippen molar-refractivity contribution in [2.45, 2.75) is 38.2 Å². The molecule has 0 bridgehead atoms. The molecule has 3 fully saturated rings. The number of hydrogen-bond acceptors (Lipinski definition) is 6. The fraction of sp³-hybridized carbons (Fsp3) is 0.632. The van der Waals surface area contributed by atoms with Gasteiger partial charge in [0.15, 0.2) is 0 Å². The van der Waals surface area contributed by atoms with Crippen LogP contribution < -0.4 is 4.90 Å². The summed E-state index contributed by atoms with van der Waals surface area (Å²) in [5.41, 5.74) is 0.543. The number of carbonyl (C=O) groups is 1. The Labute approximate surface area is 148 Å². The van der Waals surface area contributed by atoms with Gasteiger partial charge in [0.05, 0.1) is 17.0 Å². The van der Waals surface area contributed by atoms with Crippen molar-refractivity contribution < 1.29 is 9.53 Å². The Morgan fingerprint density at radius 3 is 2.76 bits per heavy atom. The second-order valence-corrected chi connectivity index (χ2v) is 7.50. The van der Waals surface area contributed by atoms with Gasteiger partial charge in [-0.1, -0.05) is 6.42 Å². The molecule has 0 amide bonds. The molecule has 1 aromatic rings. The predicted octanol–water partition coefficient (Wildman–Crippen LogP) is 1.95. The number of ether oxygens (including phenoxy) is 1. The van der Waals surface area contributed by atoms with Crippen molar-refractivity contribution in [3.05, 3.63) is 23.9 Å². The van der Waals surface area contributed by atoms with Crippen molar-refractivity contribution in [2.24, 2.45) is 5.41 Å². The van der Waals surface area contributed by atoms with E-state index in [2.05, 4.69) is 20.9 Å². The van der Waals surface area contributed by atoms with Gasteiger partial charge in [0.25, 0.3) is 0 Å². The van der Waals surface area contributed by atoms with Crippen LogP contribution in [0.4, 0.5) is 5.82 Å². The number of rotatable bonds is 4. The van der Waals surface area contributed by atoms with Crippen LogP contribution in [0.5, 0.6) is 0 Å². The molecule has 4 rings (SSSR count). The van der Waals surface area contributed by atoms with E-state index in [1.807, 2.05) is 6.07 Å². The largest absolute Gasteiger partial charge is 0.462 e. The second kappa shape index (κ2) is 6.64. The first-order valence-corrected chi connectivity index (χ1v) is 9.23. The van der Waals surface area contributed by atoms with E-state index in [0.29, 0.717) is 5.56 Å². The number of esters is 1. The molecule has 25 heavy (non-hydrogen) atoms. The van der Waals surface area contributed by atoms with Gasteiger partial charge in [-0.25, -0.2) is 4.98 Å². The average molecular weight is 340 g/mol. The molecule has 1 aliphatic carbocycles. The number of aromatic nitrogens is 1. The molecule has 0 N–H and O–H groups in total. The van der Waals surface area contributed by atoms with Crippen LogP contribution in [0.25, 0.3) is 0 Å². The molecule has 1 saturated carbocycles. The van der Waals surface area contributed by atoms with Crippen LogP contribution in [0.3, 0.4) is 0 Å². The van der Waals surface area contributed by atoms with E-state index in [4.69, 9.17) is 10.00 Å². The molecular weight excluding hydrogens is 316 g/mol. The predicted molar refractivity (Wildman–Crippen MR) is 93.0 cm³/mol. The topological polar surface area (TPSA) is 69.5 Å². The third-order valence-corrected chi connectivity index (χ3v) is 5.97. The highest BCUT2D eigenvalue weighted by Crippen LogP contribution is 2.50. The summed E-state index contributed by atoms with van der Waals surface area (Å²) < 4.78 is 5.61. The first-order chi connectivity index (χ1) is 12.2. The van der Waals surface area contributed by atoms with Gasteiger partial charge < -0.3 is 9.64 Å². The highest BCUT2D eigenvalue weighted by atomic mass is 16.6. The zero-order valence-corrected chi connectivity index (χ0v) is 14.5. The Morgan fingerprint density at radius 1 is 1.32 bits per heavy atom. The van der Waals surface area contributed by atoms with E-state index in [9.17, 15) is 4.79 Å². The van der Waals surface area contributed by atoms with E-state index in [0.717, 1.165) is 64.2 Å². The Bertz CT molecular complexity index is 687. The molecule has 0 aromatic carbocycles. The number of carbonyl (C=O) groups excluding carboxylic acids is 1. The Kier molecular flexibility index (Phi) is 4.34. The first-order valence-electron chi connectivity index (χ1n) is 9.23. The maximum absolute atomic E-state index is 12.0. The summed E-state index contributed by atoms with van der Waals surface area (Å²) in [6, 6.07) is 5.75. The monoisotopic (exact) mass is 340 g/mol. The quantitative estimate of drug-likeness (QED) is 0.781. The molecule has 1 atom stereocenters. The van der Waals surface area contributed by atoms with Gasteiger partial charge >= 0.3 is 5.97 Å². The van der Waals surface area contributed by atoms with Crippen LogP contribution in [0.15, 0.2) is 18.3 Å². The number of nitriles is 1. The number of nitrogens with zero attached hydrogens (tertiary/aromatic N) is 4. The molecule has 1 spiro atoms. The summed E-state index contributed by atoms with van der Waals surface area (Å²) in [4.78, 5) is 21.1. The van der Waals surface area contributed by atoms with Gasteiger partial charge in [-0.15, -0.1) is 0 Å². The SMILES string of the molecule is N#Cc1ccnc(N2CCN(CC[C@@H]3CC4(CCC4)C(=O)O3)CC2)c1. The van der Waals surface area contributed by atoms with Crippen LogP contribution in [0, 0.1) is 16.7 Å². The summed E-state index contributed by atoms with van der Waals surface area (Å²) in [6.07, 6.45) is 6.90. The number of pyridine rings is 1.